The number of piperazine rings is 1. The Labute approximate surface area is 276 Å². The summed E-state index contributed by atoms with van der Waals surface area (Å²) >= 11 is 0. The normalized spacial score (nSPS) is 19.3. The fourth-order valence-electron chi connectivity index (χ4n) is 7.18. The van der Waals surface area contributed by atoms with Crippen molar-refractivity contribution in [3.05, 3.63) is 82.6 Å². The highest BCUT2D eigenvalue weighted by Crippen LogP contribution is 2.39. The van der Waals surface area contributed by atoms with Crippen molar-refractivity contribution in [2.45, 2.75) is 52.1 Å². The maximum Gasteiger partial charge on any atom is 0.355 e. The number of fused-ring (bicyclic) bond motifs is 8. The zero-order valence-corrected chi connectivity index (χ0v) is 27.3. The van der Waals surface area contributed by atoms with Crippen LogP contribution >= 0.6 is 0 Å². The molecule has 3 aromatic heterocycles. The molecule has 4 bridgehead atoms. The van der Waals surface area contributed by atoms with Gasteiger partial charge in [-0.15, -0.1) is 0 Å². The van der Waals surface area contributed by atoms with Crippen molar-refractivity contribution in [2.24, 2.45) is 0 Å². The van der Waals surface area contributed by atoms with Crippen molar-refractivity contribution < 1.29 is 18.4 Å². The molecule has 0 spiro atoms. The maximum absolute atomic E-state index is 16.5. The van der Waals surface area contributed by atoms with E-state index in [1.54, 1.807) is 22.1 Å². The predicted molar refractivity (Wildman–Crippen MR) is 179 cm³/mol. The lowest BCUT2D eigenvalue weighted by molar-refractivity contribution is -0.128. The molecule has 6 heterocycles. The smallest absolute Gasteiger partial charge is 0.349 e. The predicted octanol–water partition coefficient (Wildman–Crippen LogP) is 4.65. The van der Waals surface area contributed by atoms with E-state index in [1.807, 2.05) is 38.7 Å². The van der Waals surface area contributed by atoms with E-state index in [0.717, 1.165) is 5.56 Å². The molecule has 0 saturated carbocycles. The van der Waals surface area contributed by atoms with Gasteiger partial charge in [-0.1, -0.05) is 26.5 Å². The van der Waals surface area contributed by atoms with E-state index in [-0.39, 0.29) is 63.7 Å². The third-order valence-electron chi connectivity index (χ3n) is 9.59. The highest BCUT2D eigenvalue weighted by Gasteiger charge is 2.36. The topological polar surface area (TPSA) is 108 Å². The van der Waals surface area contributed by atoms with Crippen LogP contribution in [0.1, 0.15) is 44.9 Å². The summed E-state index contributed by atoms with van der Waals surface area (Å²) in [6.07, 6.45) is 3.34. The molecule has 13 heteroatoms. The lowest BCUT2D eigenvalue weighted by Crippen LogP contribution is -2.58. The first-order valence-corrected chi connectivity index (χ1v) is 16.2. The van der Waals surface area contributed by atoms with Gasteiger partial charge in [0.05, 0.1) is 28.0 Å². The summed E-state index contributed by atoms with van der Waals surface area (Å²) in [4.78, 5) is 61.3. The minimum atomic E-state index is -0.836. The van der Waals surface area contributed by atoms with Crippen molar-refractivity contribution in [1.82, 2.24) is 29.3 Å². The second-order valence-corrected chi connectivity index (χ2v) is 13.0. The molecular formula is C35H36F2N8O3. The zero-order valence-electron chi connectivity index (χ0n) is 27.3. The summed E-state index contributed by atoms with van der Waals surface area (Å²) in [6, 6.07) is 6.44. The van der Waals surface area contributed by atoms with E-state index in [4.69, 9.17) is 4.98 Å². The number of amides is 3. The number of urea groups is 1. The van der Waals surface area contributed by atoms with Crippen molar-refractivity contribution in [3.63, 3.8) is 0 Å². The number of benzene rings is 1. The number of carbonyl (C=O) groups is 2. The molecule has 48 heavy (non-hydrogen) atoms. The lowest BCUT2D eigenvalue weighted by atomic mass is 10.0. The number of hydrogen-bond acceptors (Lipinski definition) is 7. The number of nitrogens with zero attached hydrogens (tertiary/aromatic N) is 8. The quantitative estimate of drug-likeness (QED) is 0.296. The number of rotatable bonds is 3. The van der Waals surface area contributed by atoms with Crippen molar-refractivity contribution in [3.8, 4) is 16.9 Å². The Morgan fingerprint density at radius 1 is 1.02 bits per heavy atom. The maximum atomic E-state index is 16.5. The Morgan fingerprint density at radius 2 is 1.81 bits per heavy atom. The van der Waals surface area contributed by atoms with Gasteiger partial charge >= 0.3 is 11.7 Å². The molecule has 7 rings (SSSR count). The van der Waals surface area contributed by atoms with Gasteiger partial charge in [-0.25, -0.2) is 27.9 Å². The molecule has 4 aromatic rings. The van der Waals surface area contributed by atoms with Gasteiger partial charge in [0.1, 0.15) is 17.3 Å². The molecule has 0 unspecified atom stereocenters. The number of carbonyl (C=O) groups excluding carboxylic acids is 2. The van der Waals surface area contributed by atoms with Crippen LogP contribution in [0, 0.1) is 11.6 Å². The second-order valence-electron chi connectivity index (χ2n) is 13.0. The molecule has 0 N–H and O–H groups in total. The Kier molecular flexibility index (Phi) is 7.72. The van der Waals surface area contributed by atoms with Crippen LogP contribution in [0.5, 0.6) is 0 Å². The molecule has 3 aliphatic rings. The van der Waals surface area contributed by atoms with Crippen LogP contribution in [-0.2, 0) is 11.2 Å². The summed E-state index contributed by atoms with van der Waals surface area (Å²) < 4.78 is 33.8. The number of halogens is 2. The molecule has 3 amide bonds. The van der Waals surface area contributed by atoms with Gasteiger partial charge in [0.15, 0.2) is 11.5 Å². The van der Waals surface area contributed by atoms with Crippen LogP contribution in [0.25, 0.3) is 28.0 Å². The molecule has 248 valence electrons. The fourth-order valence-corrected chi connectivity index (χ4v) is 7.18. The van der Waals surface area contributed by atoms with E-state index >= 15 is 8.78 Å². The Hall–Kier alpha value is -5.20. The average molecular weight is 655 g/mol. The minimum Gasteiger partial charge on any atom is -0.349 e. The third kappa shape index (κ3) is 4.90. The van der Waals surface area contributed by atoms with E-state index in [2.05, 4.69) is 16.5 Å². The first-order valence-electron chi connectivity index (χ1n) is 16.2. The van der Waals surface area contributed by atoms with Crippen molar-refractivity contribution >= 4 is 34.5 Å². The summed E-state index contributed by atoms with van der Waals surface area (Å²) in [7, 11) is 0. The number of hydrogen-bond donors (Lipinski definition) is 0. The standard InChI is InChI=1S/C35H36F2N8O3/c1-6-27(46)43-17-21(5)44(18-20(43)4)32-23-16-25(37)30-28-24(36)8-7-9-26(28)42-15-14-41(35(42)48)13-11-22-10-12-38-29(19(2)3)31(22)45(33(23)39-30)34(47)40-32/h6-10,12,16,19-21H,1,11,13-15,17-18H2,2-5H3/t20-,21+/m1/s1. The number of anilines is 2. The monoisotopic (exact) mass is 654 g/mol. The summed E-state index contributed by atoms with van der Waals surface area (Å²) in [5.41, 5.74) is 0.938. The SMILES string of the molecule is C=CC(=O)N1C[C@H](C)N(c2nc(=O)n3c4nc(c(F)cc24)-c2c(F)cccc2N2CCN(CCc4ccnc(C(C)C)c4-3)C2=O)C[C@H]1C. The van der Waals surface area contributed by atoms with Crippen molar-refractivity contribution in [2.75, 3.05) is 42.5 Å². The van der Waals surface area contributed by atoms with Crippen LogP contribution < -0.4 is 15.5 Å². The van der Waals surface area contributed by atoms with E-state index in [1.165, 1.54) is 33.7 Å². The van der Waals surface area contributed by atoms with Crippen LogP contribution in [0.4, 0.5) is 25.1 Å². The molecule has 2 saturated heterocycles. The second kappa shape index (κ2) is 11.8. The zero-order chi connectivity index (χ0) is 34.0. The minimum absolute atomic E-state index is 0.0854. The van der Waals surface area contributed by atoms with Gasteiger partial charge in [0, 0.05) is 51.0 Å². The van der Waals surface area contributed by atoms with Crippen molar-refractivity contribution in [1.29, 1.82) is 0 Å². The Morgan fingerprint density at radius 3 is 2.56 bits per heavy atom. The van der Waals surface area contributed by atoms with E-state index in [0.29, 0.717) is 50.5 Å². The van der Waals surface area contributed by atoms with E-state index in [9.17, 15) is 14.4 Å². The molecule has 0 aliphatic carbocycles. The largest absolute Gasteiger partial charge is 0.355 e. The van der Waals surface area contributed by atoms with Gasteiger partial charge < -0.3 is 14.7 Å². The summed E-state index contributed by atoms with van der Waals surface area (Å²) in [5, 5.41) is 0.248. The summed E-state index contributed by atoms with van der Waals surface area (Å²) in [5.74, 6) is -1.71. The van der Waals surface area contributed by atoms with Gasteiger partial charge in [-0.2, -0.15) is 4.98 Å². The molecule has 3 aliphatic heterocycles. The molecule has 11 nitrogen and oxygen atoms in total. The first kappa shape index (κ1) is 31.4. The highest BCUT2D eigenvalue weighted by molar-refractivity contribution is 5.99. The van der Waals surface area contributed by atoms with Crippen LogP contribution in [0.15, 0.2) is 54.0 Å². The average Bonchev–Trinajstić information content (AvgIpc) is 3.43. The molecule has 1 aromatic carbocycles. The number of pyridine rings is 2. The summed E-state index contributed by atoms with van der Waals surface area (Å²) in [6.45, 7) is 13.0. The first-order chi connectivity index (χ1) is 23.0. The fraction of sp³-hybridized carbons (Fsp3) is 0.371. The van der Waals surface area contributed by atoms with Gasteiger partial charge in [-0.3, -0.25) is 14.7 Å². The van der Waals surface area contributed by atoms with Gasteiger partial charge in [-0.05, 0) is 62.1 Å². The Bertz CT molecular complexity index is 2060. The molecule has 2 fully saturated rings. The number of aromatic nitrogens is 4. The van der Waals surface area contributed by atoms with Gasteiger partial charge in [0.25, 0.3) is 0 Å². The Balaban J connectivity index is 1.57. The third-order valence-corrected chi connectivity index (χ3v) is 9.59. The van der Waals surface area contributed by atoms with E-state index < -0.39 is 17.3 Å². The van der Waals surface area contributed by atoms with Gasteiger partial charge in [0.2, 0.25) is 5.91 Å². The van der Waals surface area contributed by atoms with Crippen LogP contribution in [0.2, 0.25) is 0 Å². The van der Waals surface area contributed by atoms with Crippen LogP contribution in [-0.4, -0.2) is 86.1 Å². The lowest BCUT2D eigenvalue weighted by Gasteiger charge is -2.44. The highest BCUT2D eigenvalue weighted by atomic mass is 19.1. The molecule has 2 atom stereocenters. The molecule has 0 radical (unpaired) electrons. The molecular weight excluding hydrogens is 618 g/mol. The van der Waals surface area contributed by atoms with Crippen LogP contribution in [0.3, 0.4) is 0 Å².